The third-order valence-corrected chi connectivity index (χ3v) is 5.96. The van der Waals surface area contributed by atoms with Crippen molar-refractivity contribution in [1.82, 2.24) is 9.97 Å². The van der Waals surface area contributed by atoms with E-state index in [1.807, 2.05) is 24.3 Å². The monoisotopic (exact) mass is 441 g/mol. The molecule has 2 aliphatic rings. The van der Waals surface area contributed by atoms with E-state index in [2.05, 4.69) is 21.6 Å². The van der Waals surface area contributed by atoms with Crippen LogP contribution in [0.25, 0.3) is 0 Å². The number of rotatable bonds is 5. The van der Waals surface area contributed by atoms with Gasteiger partial charge < -0.3 is 14.9 Å². The summed E-state index contributed by atoms with van der Waals surface area (Å²) in [6, 6.07) is 14.1. The molecule has 0 saturated heterocycles. The molecule has 0 radical (unpaired) electrons. The number of aromatic nitrogens is 2. The van der Waals surface area contributed by atoms with E-state index in [9.17, 15) is 18.6 Å². The van der Waals surface area contributed by atoms with E-state index >= 15 is 0 Å². The van der Waals surface area contributed by atoms with Crippen LogP contribution in [0.4, 0.5) is 5.95 Å². The number of phenols is 2. The van der Waals surface area contributed by atoms with Crippen molar-refractivity contribution in [2.45, 2.75) is 31.3 Å². The Morgan fingerprint density at radius 2 is 1.84 bits per heavy atom. The quantitative estimate of drug-likeness (QED) is 0.556. The standard InChI is InChI=1S/C22H23N3O5S/c1-13-14-3-6-17(7-4-14)30-20(21(13)18-8-5-16(26)12-19(18)27)11-15-9-10-23-22(24-15)25-31(2,28)29/h3-10,12-13,20-21,26-27H,11H2,1-2H3,(H,23,24,25). The van der Waals surface area contributed by atoms with Crippen LogP contribution in [0.5, 0.6) is 17.2 Å². The zero-order valence-corrected chi connectivity index (χ0v) is 17.9. The first kappa shape index (κ1) is 20.9. The van der Waals surface area contributed by atoms with Gasteiger partial charge in [0.25, 0.3) is 0 Å². The summed E-state index contributed by atoms with van der Waals surface area (Å²) in [6.45, 7) is 2.06. The maximum atomic E-state index is 11.5. The zero-order chi connectivity index (χ0) is 22.2. The first-order valence-electron chi connectivity index (χ1n) is 9.78. The number of benzene rings is 2. The summed E-state index contributed by atoms with van der Waals surface area (Å²) in [7, 11) is -3.51. The van der Waals surface area contributed by atoms with Gasteiger partial charge in [0.1, 0.15) is 23.4 Å². The lowest BCUT2D eigenvalue weighted by molar-refractivity contribution is 0.152. The van der Waals surface area contributed by atoms with Crippen molar-refractivity contribution < 1.29 is 23.4 Å². The van der Waals surface area contributed by atoms with Crippen molar-refractivity contribution in [2.75, 3.05) is 11.0 Å². The Kier molecular flexibility index (Phi) is 5.45. The largest absolute Gasteiger partial charge is 0.508 e. The van der Waals surface area contributed by atoms with Crippen LogP contribution in [0.2, 0.25) is 0 Å². The molecule has 2 aliphatic heterocycles. The fourth-order valence-corrected chi connectivity index (χ4v) is 4.44. The number of nitrogens with zero attached hydrogens (tertiary/aromatic N) is 2. The van der Waals surface area contributed by atoms with E-state index in [1.165, 1.54) is 18.3 Å². The number of phenolic OH excluding ortho intramolecular Hbond substituents is 2. The molecule has 3 unspecified atom stereocenters. The second-order valence-electron chi connectivity index (χ2n) is 7.73. The lowest BCUT2D eigenvalue weighted by atomic mass is 9.76. The zero-order valence-electron chi connectivity index (χ0n) is 17.1. The van der Waals surface area contributed by atoms with Gasteiger partial charge >= 0.3 is 0 Å². The average Bonchev–Trinajstić information content (AvgIpc) is 2.68. The normalized spacial score (nSPS) is 20.5. The lowest BCUT2D eigenvalue weighted by Crippen LogP contribution is -2.33. The molecule has 3 aromatic rings. The summed E-state index contributed by atoms with van der Waals surface area (Å²) in [4.78, 5) is 8.29. The Hall–Kier alpha value is -3.33. The number of sulfonamides is 1. The van der Waals surface area contributed by atoms with Gasteiger partial charge in [0, 0.05) is 35.9 Å². The molecule has 2 bridgehead atoms. The highest BCUT2D eigenvalue weighted by molar-refractivity contribution is 7.91. The summed E-state index contributed by atoms with van der Waals surface area (Å²) >= 11 is 0. The van der Waals surface area contributed by atoms with E-state index in [-0.39, 0.29) is 29.3 Å². The number of hydrogen-bond donors (Lipinski definition) is 3. The van der Waals surface area contributed by atoms with Crippen molar-refractivity contribution in [3.63, 3.8) is 0 Å². The Balaban J connectivity index is 1.74. The molecule has 31 heavy (non-hydrogen) atoms. The molecule has 162 valence electrons. The highest BCUT2D eigenvalue weighted by atomic mass is 32.2. The molecular formula is C22H23N3O5S. The summed E-state index contributed by atoms with van der Waals surface area (Å²) in [6.07, 6.45) is 2.47. The molecule has 0 fully saturated rings. The topological polar surface area (TPSA) is 122 Å². The van der Waals surface area contributed by atoms with Crippen LogP contribution in [0.15, 0.2) is 54.7 Å². The number of nitrogens with one attached hydrogen (secondary N) is 1. The molecule has 8 nitrogen and oxygen atoms in total. The molecule has 0 spiro atoms. The van der Waals surface area contributed by atoms with Crippen LogP contribution in [-0.2, 0) is 16.4 Å². The number of anilines is 1. The van der Waals surface area contributed by atoms with E-state index in [0.717, 1.165) is 11.8 Å². The number of hydrogen-bond acceptors (Lipinski definition) is 7. The Labute approximate surface area is 180 Å². The second kappa shape index (κ2) is 8.07. The first-order chi connectivity index (χ1) is 14.7. The average molecular weight is 442 g/mol. The molecule has 1 aromatic heterocycles. The molecule has 3 N–H and O–H groups in total. The van der Waals surface area contributed by atoms with E-state index < -0.39 is 16.1 Å². The van der Waals surface area contributed by atoms with Crippen LogP contribution < -0.4 is 9.46 Å². The molecule has 0 saturated carbocycles. The molecule has 0 aliphatic carbocycles. The van der Waals surface area contributed by atoms with Crippen LogP contribution >= 0.6 is 0 Å². The smallest absolute Gasteiger partial charge is 0.236 e. The third-order valence-electron chi connectivity index (χ3n) is 5.41. The van der Waals surface area contributed by atoms with E-state index in [1.54, 1.807) is 12.1 Å². The fourth-order valence-electron chi connectivity index (χ4n) is 4.01. The van der Waals surface area contributed by atoms with Crippen molar-refractivity contribution in [1.29, 1.82) is 0 Å². The molecule has 0 amide bonds. The van der Waals surface area contributed by atoms with Gasteiger partial charge in [-0.1, -0.05) is 25.1 Å². The Bertz CT molecular complexity index is 1200. The van der Waals surface area contributed by atoms with Gasteiger partial charge in [0.05, 0.1) is 6.26 Å². The van der Waals surface area contributed by atoms with Gasteiger partial charge in [-0.3, -0.25) is 4.72 Å². The van der Waals surface area contributed by atoms with Crippen molar-refractivity contribution in [3.05, 3.63) is 71.5 Å². The number of ether oxygens (including phenoxy) is 1. The van der Waals surface area contributed by atoms with E-state index in [0.29, 0.717) is 23.4 Å². The SMILES string of the molecule is CC1c2ccc(cc2)OC(Cc2ccnc(NS(C)(=O)=O)n2)C1c1ccc(O)cc1O. The molecule has 9 heteroatoms. The third kappa shape index (κ3) is 4.72. The van der Waals surface area contributed by atoms with Crippen molar-refractivity contribution >= 4 is 16.0 Å². The lowest BCUT2D eigenvalue weighted by Gasteiger charge is -2.35. The predicted octanol–water partition coefficient (Wildman–Crippen LogP) is 3.15. The van der Waals surface area contributed by atoms with E-state index in [4.69, 9.17) is 4.74 Å². The van der Waals surface area contributed by atoms with Crippen LogP contribution in [0.3, 0.4) is 0 Å². The van der Waals surface area contributed by atoms with Gasteiger partial charge in [0.15, 0.2) is 0 Å². The predicted molar refractivity (Wildman–Crippen MR) is 116 cm³/mol. The highest BCUT2D eigenvalue weighted by Crippen LogP contribution is 2.44. The maximum absolute atomic E-state index is 11.5. The summed E-state index contributed by atoms with van der Waals surface area (Å²) in [5.41, 5.74) is 2.34. The molecule has 2 aromatic carbocycles. The van der Waals surface area contributed by atoms with Gasteiger partial charge in [-0.25, -0.2) is 18.4 Å². The minimum Gasteiger partial charge on any atom is -0.508 e. The summed E-state index contributed by atoms with van der Waals surface area (Å²) < 4.78 is 31.7. The number of fused-ring (bicyclic) bond motifs is 5. The van der Waals surface area contributed by atoms with Crippen LogP contribution in [0.1, 0.15) is 35.6 Å². The fraction of sp³-hybridized carbons (Fsp3) is 0.273. The molecule has 3 atom stereocenters. The Morgan fingerprint density at radius 1 is 1.10 bits per heavy atom. The first-order valence-corrected chi connectivity index (χ1v) is 11.7. The number of aromatic hydroxyl groups is 2. The van der Waals surface area contributed by atoms with Gasteiger partial charge in [-0.2, -0.15) is 0 Å². The second-order valence-corrected chi connectivity index (χ2v) is 9.48. The summed E-state index contributed by atoms with van der Waals surface area (Å²) in [5, 5.41) is 20.3. The van der Waals surface area contributed by atoms with Crippen molar-refractivity contribution in [2.24, 2.45) is 0 Å². The minimum absolute atomic E-state index is 0.00809. The summed E-state index contributed by atoms with van der Waals surface area (Å²) in [5.74, 6) is 0.390. The minimum atomic E-state index is -3.51. The van der Waals surface area contributed by atoms with Gasteiger partial charge in [-0.15, -0.1) is 0 Å². The molecule has 5 rings (SSSR count). The highest BCUT2D eigenvalue weighted by Gasteiger charge is 2.35. The maximum Gasteiger partial charge on any atom is 0.236 e. The van der Waals surface area contributed by atoms with Crippen LogP contribution in [-0.4, -0.2) is 41.0 Å². The van der Waals surface area contributed by atoms with Crippen LogP contribution in [0, 0.1) is 0 Å². The Morgan fingerprint density at radius 3 is 2.52 bits per heavy atom. The van der Waals surface area contributed by atoms with Gasteiger partial charge in [-0.05, 0) is 35.7 Å². The molecular weight excluding hydrogens is 418 g/mol. The van der Waals surface area contributed by atoms with Crippen molar-refractivity contribution in [3.8, 4) is 17.2 Å². The molecule has 3 heterocycles. The van der Waals surface area contributed by atoms with Gasteiger partial charge in [0.2, 0.25) is 16.0 Å².